The van der Waals surface area contributed by atoms with Crippen LogP contribution in [0.5, 0.6) is 0 Å². The molecule has 0 amide bonds. The SMILES string of the molecule is C=CC[C@H](C[C@@H](O)C[C@H](O)C[C@H](CC=C)O[Si](c1ccccc1)(c1ccccc1)C(C)(C)C)OCOC. The van der Waals surface area contributed by atoms with E-state index in [1.54, 1.807) is 13.2 Å². The molecular formula is C31H46O5Si. The molecule has 0 radical (unpaired) electrons. The predicted molar refractivity (Wildman–Crippen MR) is 155 cm³/mol. The average Bonchev–Trinajstić information content (AvgIpc) is 2.86. The molecule has 0 bridgehead atoms. The van der Waals surface area contributed by atoms with Gasteiger partial charge < -0.3 is 24.1 Å². The Morgan fingerprint density at radius 2 is 1.24 bits per heavy atom. The lowest BCUT2D eigenvalue weighted by Gasteiger charge is -2.45. The molecular weight excluding hydrogens is 480 g/mol. The molecule has 37 heavy (non-hydrogen) atoms. The van der Waals surface area contributed by atoms with E-state index in [2.05, 4.69) is 82.5 Å². The molecule has 5 nitrogen and oxygen atoms in total. The molecule has 0 aliphatic rings. The average molecular weight is 527 g/mol. The molecule has 0 aliphatic heterocycles. The van der Waals surface area contributed by atoms with E-state index in [9.17, 15) is 10.2 Å². The lowest BCUT2D eigenvalue weighted by molar-refractivity contribution is -0.0859. The van der Waals surface area contributed by atoms with Crippen LogP contribution < -0.4 is 10.4 Å². The molecule has 2 rings (SSSR count). The zero-order valence-electron chi connectivity index (χ0n) is 23.0. The van der Waals surface area contributed by atoms with E-state index in [-0.39, 0.29) is 30.5 Å². The Hall–Kier alpha value is -2.06. The summed E-state index contributed by atoms with van der Waals surface area (Å²) in [5, 5.41) is 24.0. The van der Waals surface area contributed by atoms with Gasteiger partial charge in [-0.1, -0.05) is 93.6 Å². The molecule has 2 aromatic rings. The first-order valence-corrected chi connectivity index (χ1v) is 15.1. The van der Waals surface area contributed by atoms with Crippen LogP contribution >= 0.6 is 0 Å². The maximum atomic E-state index is 11.0. The van der Waals surface area contributed by atoms with Crippen LogP contribution in [0.4, 0.5) is 0 Å². The maximum absolute atomic E-state index is 11.0. The minimum Gasteiger partial charge on any atom is -0.404 e. The van der Waals surface area contributed by atoms with Crippen LogP contribution in [0.2, 0.25) is 5.04 Å². The van der Waals surface area contributed by atoms with Gasteiger partial charge in [0.05, 0.1) is 24.4 Å². The van der Waals surface area contributed by atoms with Gasteiger partial charge in [-0.15, -0.1) is 13.2 Å². The van der Waals surface area contributed by atoms with Crippen LogP contribution in [0, 0.1) is 0 Å². The Kier molecular flexibility index (Phi) is 12.9. The second-order valence-corrected chi connectivity index (χ2v) is 14.9. The van der Waals surface area contributed by atoms with Gasteiger partial charge in [0.2, 0.25) is 0 Å². The van der Waals surface area contributed by atoms with Gasteiger partial charge in [0.1, 0.15) is 6.79 Å². The largest absolute Gasteiger partial charge is 0.404 e. The summed E-state index contributed by atoms with van der Waals surface area (Å²) in [5.74, 6) is 0. The minimum atomic E-state index is -2.77. The number of benzene rings is 2. The highest BCUT2D eigenvalue weighted by molar-refractivity contribution is 6.99. The van der Waals surface area contributed by atoms with Gasteiger partial charge in [0, 0.05) is 7.11 Å². The summed E-state index contributed by atoms with van der Waals surface area (Å²) in [4.78, 5) is 0. The number of aliphatic hydroxyl groups is 2. The Morgan fingerprint density at radius 1 is 0.784 bits per heavy atom. The van der Waals surface area contributed by atoms with Crippen molar-refractivity contribution in [3.05, 3.63) is 86.0 Å². The second-order valence-electron chi connectivity index (χ2n) is 10.7. The molecule has 2 aromatic carbocycles. The summed E-state index contributed by atoms with van der Waals surface area (Å²) in [7, 11) is -1.21. The number of hydrogen-bond donors (Lipinski definition) is 2. The van der Waals surface area contributed by atoms with Crippen molar-refractivity contribution in [2.24, 2.45) is 0 Å². The molecule has 0 saturated carbocycles. The fraction of sp³-hybridized carbons (Fsp3) is 0.484. The summed E-state index contributed by atoms with van der Waals surface area (Å²) in [6.07, 6.45) is 3.95. The molecule has 6 heteroatoms. The third-order valence-electron chi connectivity index (χ3n) is 6.66. The lowest BCUT2D eigenvalue weighted by atomic mass is 9.99. The normalized spacial score (nSPS) is 15.5. The molecule has 0 saturated heterocycles. The number of methoxy groups -OCH3 is 1. The van der Waals surface area contributed by atoms with Crippen molar-refractivity contribution in [2.75, 3.05) is 13.9 Å². The molecule has 0 spiro atoms. The second kappa shape index (κ2) is 15.4. The number of hydrogen-bond acceptors (Lipinski definition) is 5. The third-order valence-corrected chi connectivity index (χ3v) is 11.7. The predicted octanol–water partition coefficient (Wildman–Crippen LogP) is 4.97. The van der Waals surface area contributed by atoms with Crippen molar-refractivity contribution < 1.29 is 24.1 Å². The fourth-order valence-electron chi connectivity index (χ4n) is 5.02. The van der Waals surface area contributed by atoms with Crippen molar-refractivity contribution in [2.45, 2.75) is 82.3 Å². The first-order valence-electron chi connectivity index (χ1n) is 13.1. The lowest BCUT2D eigenvalue weighted by Crippen LogP contribution is -2.67. The maximum Gasteiger partial charge on any atom is 0.261 e. The first kappa shape index (κ1) is 31.2. The van der Waals surface area contributed by atoms with Crippen molar-refractivity contribution in [3.63, 3.8) is 0 Å². The quantitative estimate of drug-likeness (QED) is 0.173. The summed E-state index contributed by atoms with van der Waals surface area (Å²) >= 11 is 0. The Labute approximate surface area is 224 Å². The van der Waals surface area contributed by atoms with Gasteiger partial charge >= 0.3 is 0 Å². The van der Waals surface area contributed by atoms with Gasteiger partial charge in [-0.05, 0) is 47.5 Å². The van der Waals surface area contributed by atoms with Crippen LogP contribution in [0.15, 0.2) is 86.0 Å². The van der Waals surface area contributed by atoms with E-state index in [1.165, 1.54) is 10.4 Å². The molecule has 0 aromatic heterocycles. The number of rotatable bonds is 17. The van der Waals surface area contributed by atoms with Crippen LogP contribution in [-0.4, -0.2) is 56.8 Å². The summed E-state index contributed by atoms with van der Waals surface area (Å²) in [6.45, 7) is 14.6. The van der Waals surface area contributed by atoms with Gasteiger partial charge in [-0.25, -0.2) is 0 Å². The van der Waals surface area contributed by atoms with Crippen molar-refractivity contribution in [1.29, 1.82) is 0 Å². The monoisotopic (exact) mass is 526 g/mol. The smallest absolute Gasteiger partial charge is 0.261 e. The van der Waals surface area contributed by atoms with Crippen molar-refractivity contribution in [1.82, 2.24) is 0 Å². The van der Waals surface area contributed by atoms with Crippen LogP contribution in [0.3, 0.4) is 0 Å². The van der Waals surface area contributed by atoms with Crippen molar-refractivity contribution in [3.8, 4) is 0 Å². The minimum absolute atomic E-state index is 0.154. The number of aliphatic hydroxyl groups excluding tert-OH is 2. The molecule has 0 unspecified atom stereocenters. The molecule has 0 aliphatic carbocycles. The zero-order chi connectivity index (χ0) is 27.3. The van der Waals surface area contributed by atoms with E-state index in [0.29, 0.717) is 25.7 Å². The zero-order valence-corrected chi connectivity index (χ0v) is 24.0. The van der Waals surface area contributed by atoms with Crippen LogP contribution in [0.25, 0.3) is 0 Å². The first-order chi connectivity index (χ1) is 17.7. The Balaban J connectivity index is 2.28. The van der Waals surface area contributed by atoms with Gasteiger partial charge in [-0.3, -0.25) is 0 Å². The van der Waals surface area contributed by atoms with Crippen LogP contribution in [0.1, 0.15) is 52.9 Å². The van der Waals surface area contributed by atoms with E-state index >= 15 is 0 Å². The fourth-order valence-corrected chi connectivity index (χ4v) is 9.72. The van der Waals surface area contributed by atoms with E-state index < -0.39 is 20.5 Å². The van der Waals surface area contributed by atoms with E-state index in [0.717, 1.165) is 0 Å². The highest BCUT2D eigenvalue weighted by atomic mass is 28.4. The van der Waals surface area contributed by atoms with Gasteiger partial charge in [-0.2, -0.15) is 0 Å². The van der Waals surface area contributed by atoms with E-state index in [4.69, 9.17) is 13.9 Å². The highest BCUT2D eigenvalue weighted by Gasteiger charge is 2.51. The van der Waals surface area contributed by atoms with Crippen molar-refractivity contribution >= 4 is 18.7 Å². The van der Waals surface area contributed by atoms with Gasteiger partial charge in [0.25, 0.3) is 8.32 Å². The molecule has 2 N–H and O–H groups in total. The van der Waals surface area contributed by atoms with Crippen LogP contribution in [-0.2, 0) is 13.9 Å². The topological polar surface area (TPSA) is 68.2 Å². The Bertz CT molecular complexity index is 873. The Morgan fingerprint density at radius 3 is 1.68 bits per heavy atom. The standard InChI is InChI=1S/C31H46O5Si/c1-7-15-27(35-24-34-6)22-25(32)21-26(33)23-28(16-8-2)36-37(31(3,4)5,29-17-11-9-12-18-29)30-19-13-10-14-20-30/h7-14,17-20,25-28,32-33H,1-2,15-16,21-24H2,3-6H3/t25-,26-,27+,28-/m0/s1. The molecule has 0 fully saturated rings. The highest BCUT2D eigenvalue weighted by Crippen LogP contribution is 2.38. The summed E-state index contributed by atoms with van der Waals surface area (Å²) in [5.41, 5.74) is 0. The summed E-state index contributed by atoms with van der Waals surface area (Å²) < 4.78 is 17.8. The third kappa shape index (κ3) is 9.02. The number of ether oxygens (including phenoxy) is 2. The molecule has 204 valence electrons. The molecule has 4 atom stereocenters. The van der Waals surface area contributed by atoms with E-state index in [1.807, 2.05) is 18.2 Å². The molecule has 0 heterocycles. The summed E-state index contributed by atoms with van der Waals surface area (Å²) in [6, 6.07) is 21.0. The van der Waals surface area contributed by atoms with Gasteiger partial charge in [0.15, 0.2) is 0 Å².